The highest BCUT2D eigenvalue weighted by atomic mass is 32.2. The van der Waals surface area contributed by atoms with Crippen molar-refractivity contribution in [1.82, 2.24) is 4.90 Å². The average Bonchev–Trinajstić information content (AvgIpc) is 2.44. The standard InChI is InChI=1S/C15H22N2OS2/c1-11-12(2)20-10-8-17(11)7-9-18-14-5-3-13(4-6-14)15(16)19/h3-6,11-12H,7-10H2,1-2H3,(H2,16,19). The van der Waals surface area contributed by atoms with Gasteiger partial charge in [-0.05, 0) is 31.2 Å². The number of thiocarbonyl (C=S) groups is 1. The first-order valence-electron chi connectivity index (χ1n) is 6.96. The van der Waals surface area contributed by atoms with Crippen molar-refractivity contribution in [3.63, 3.8) is 0 Å². The van der Waals surface area contributed by atoms with E-state index >= 15 is 0 Å². The van der Waals surface area contributed by atoms with Crippen LogP contribution in [0.2, 0.25) is 0 Å². The second kappa shape index (κ2) is 7.29. The maximum absolute atomic E-state index is 5.79. The zero-order chi connectivity index (χ0) is 14.5. The van der Waals surface area contributed by atoms with Gasteiger partial charge < -0.3 is 10.5 Å². The van der Waals surface area contributed by atoms with Crippen LogP contribution in [0.1, 0.15) is 19.4 Å². The molecule has 1 aliphatic rings. The normalized spacial score (nSPS) is 23.5. The molecule has 5 heteroatoms. The van der Waals surface area contributed by atoms with Gasteiger partial charge in [-0.3, -0.25) is 4.90 Å². The van der Waals surface area contributed by atoms with Crippen LogP contribution in [0, 0.1) is 0 Å². The lowest BCUT2D eigenvalue weighted by Gasteiger charge is -2.37. The Labute approximate surface area is 130 Å². The van der Waals surface area contributed by atoms with E-state index in [9.17, 15) is 0 Å². The highest BCUT2D eigenvalue weighted by molar-refractivity contribution is 8.00. The number of hydrogen-bond acceptors (Lipinski definition) is 4. The molecule has 1 heterocycles. The molecule has 1 aromatic rings. The van der Waals surface area contributed by atoms with Crippen LogP contribution in [-0.2, 0) is 0 Å². The Hall–Kier alpha value is -0.780. The van der Waals surface area contributed by atoms with E-state index in [0.29, 0.717) is 22.9 Å². The fourth-order valence-corrected chi connectivity index (χ4v) is 3.61. The predicted octanol–water partition coefficient (Wildman–Crippen LogP) is 2.53. The molecule has 110 valence electrons. The number of nitrogens with two attached hydrogens (primary N) is 1. The minimum absolute atomic E-state index is 0.421. The maximum atomic E-state index is 5.79. The summed E-state index contributed by atoms with van der Waals surface area (Å²) in [4.78, 5) is 2.93. The largest absolute Gasteiger partial charge is 0.492 e. The van der Waals surface area contributed by atoms with Crippen LogP contribution in [0.25, 0.3) is 0 Å². The van der Waals surface area contributed by atoms with Crippen molar-refractivity contribution in [2.75, 3.05) is 25.4 Å². The van der Waals surface area contributed by atoms with E-state index in [2.05, 4.69) is 30.5 Å². The summed E-state index contributed by atoms with van der Waals surface area (Å²) in [5.74, 6) is 2.09. The fraction of sp³-hybridized carbons (Fsp3) is 0.533. The smallest absolute Gasteiger partial charge is 0.119 e. The Morgan fingerprint density at radius 1 is 1.40 bits per heavy atom. The molecule has 2 rings (SSSR count). The Bertz CT molecular complexity index is 450. The number of benzene rings is 1. The molecular formula is C15H22N2OS2. The van der Waals surface area contributed by atoms with E-state index < -0.39 is 0 Å². The molecule has 0 spiro atoms. The van der Waals surface area contributed by atoms with Gasteiger partial charge in [0.1, 0.15) is 17.3 Å². The van der Waals surface area contributed by atoms with Crippen molar-refractivity contribution in [1.29, 1.82) is 0 Å². The molecule has 0 aliphatic carbocycles. The van der Waals surface area contributed by atoms with Crippen LogP contribution < -0.4 is 10.5 Å². The minimum Gasteiger partial charge on any atom is -0.492 e. The van der Waals surface area contributed by atoms with Crippen LogP contribution in [0.15, 0.2) is 24.3 Å². The number of ether oxygens (including phenoxy) is 1. The van der Waals surface area contributed by atoms with Gasteiger partial charge in [0.2, 0.25) is 0 Å². The third kappa shape index (κ3) is 4.11. The molecule has 2 unspecified atom stereocenters. The van der Waals surface area contributed by atoms with Crippen LogP contribution in [0.4, 0.5) is 0 Å². The van der Waals surface area contributed by atoms with Gasteiger partial charge in [-0.1, -0.05) is 19.1 Å². The fourth-order valence-electron chi connectivity index (χ4n) is 2.31. The summed E-state index contributed by atoms with van der Waals surface area (Å²) in [6.45, 7) is 7.45. The van der Waals surface area contributed by atoms with E-state index in [0.717, 1.165) is 24.4 Å². The summed E-state index contributed by atoms with van der Waals surface area (Å²) in [5, 5.41) is 0.702. The SMILES string of the molecule is CC1SCCN(CCOc2ccc(C(N)=S)cc2)C1C. The highest BCUT2D eigenvalue weighted by Gasteiger charge is 2.24. The summed E-state index contributed by atoms with van der Waals surface area (Å²) in [6.07, 6.45) is 0. The molecule has 1 saturated heterocycles. The summed E-state index contributed by atoms with van der Waals surface area (Å²) in [6, 6.07) is 8.27. The molecule has 1 aromatic carbocycles. The lowest BCUT2D eigenvalue weighted by atomic mass is 10.2. The monoisotopic (exact) mass is 310 g/mol. The Morgan fingerprint density at radius 3 is 2.75 bits per heavy atom. The molecule has 0 amide bonds. The molecule has 2 N–H and O–H groups in total. The summed E-state index contributed by atoms with van der Waals surface area (Å²) in [7, 11) is 0. The average molecular weight is 310 g/mol. The number of hydrogen-bond donors (Lipinski definition) is 1. The first kappa shape index (κ1) is 15.6. The van der Waals surface area contributed by atoms with Gasteiger partial charge in [-0.15, -0.1) is 0 Å². The first-order valence-corrected chi connectivity index (χ1v) is 8.42. The first-order chi connectivity index (χ1) is 9.58. The van der Waals surface area contributed by atoms with Crippen molar-refractivity contribution in [2.45, 2.75) is 25.1 Å². The van der Waals surface area contributed by atoms with E-state index in [1.54, 1.807) is 0 Å². The molecular weight excluding hydrogens is 288 g/mol. The molecule has 2 atom stereocenters. The van der Waals surface area contributed by atoms with Crippen molar-refractivity contribution in [2.24, 2.45) is 5.73 Å². The molecule has 0 bridgehead atoms. The Kier molecular flexibility index (Phi) is 5.69. The van der Waals surface area contributed by atoms with Crippen molar-refractivity contribution < 1.29 is 4.74 Å². The summed E-state index contributed by atoms with van der Waals surface area (Å²) >= 11 is 6.99. The number of thioether (sulfide) groups is 1. The zero-order valence-electron chi connectivity index (χ0n) is 12.0. The van der Waals surface area contributed by atoms with Crippen LogP contribution >= 0.6 is 24.0 Å². The molecule has 0 saturated carbocycles. The number of rotatable bonds is 5. The third-order valence-electron chi connectivity index (χ3n) is 3.80. The van der Waals surface area contributed by atoms with Gasteiger partial charge in [-0.25, -0.2) is 0 Å². The van der Waals surface area contributed by atoms with E-state index in [1.165, 1.54) is 5.75 Å². The van der Waals surface area contributed by atoms with Gasteiger partial charge >= 0.3 is 0 Å². The minimum atomic E-state index is 0.421. The van der Waals surface area contributed by atoms with Gasteiger partial charge in [0.05, 0.1) is 0 Å². The topological polar surface area (TPSA) is 38.5 Å². The summed E-state index contributed by atoms with van der Waals surface area (Å²) in [5.41, 5.74) is 6.45. The van der Waals surface area contributed by atoms with E-state index in [4.69, 9.17) is 22.7 Å². The number of nitrogens with zero attached hydrogens (tertiary/aromatic N) is 1. The quantitative estimate of drug-likeness (QED) is 0.846. The van der Waals surface area contributed by atoms with Gasteiger partial charge in [0, 0.05) is 35.7 Å². The van der Waals surface area contributed by atoms with Gasteiger partial charge in [-0.2, -0.15) is 11.8 Å². The second-order valence-electron chi connectivity index (χ2n) is 5.09. The van der Waals surface area contributed by atoms with Crippen molar-refractivity contribution in [3.05, 3.63) is 29.8 Å². The Morgan fingerprint density at radius 2 is 2.10 bits per heavy atom. The second-order valence-corrected chi connectivity index (χ2v) is 7.01. The van der Waals surface area contributed by atoms with Crippen molar-refractivity contribution >= 4 is 29.0 Å². The van der Waals surface area contributed by atoms with Crippen molar-refractivity contribution in [3.8, 4) is 5.75 Å². The molecule has 1 aliphatic heterocycles. The van der Waals surface area contributed by atoms with Gasteiger partial charge in [0.25, 0.3) is 0 Å². The molecule has 3 nitrogen and oxygen atoms in total. The lowest BCUT2D eigenvalue weighted by molar-refractivity contribution is 0.170. The molecule has 0 radical (unpaired) electrons. The van der Waals surface area contributed by atoms with Crippen LogP contribution in [-0.4, -0.2) is 46.6 Å². The van der Waals surface area contributed by atoms with E-state index in [-0.39, 0.29) is 0 Å². The van der Waals surface area contributed by atoms with Gasteiger partial charge in [0.15, 0.2) is 0 Å². The van der Waals surface area contributed by atoms with Crippen LogP contribution in [0.3, 0.4) is 0 Å². The molecule has 1 fully saturated rings. The molecule has 0 aromatic heterocycles. The predicted molar refractivity (Wildman–Crippen MR) is 90.8 cm³/mol. The zero-order valence-corrected chi connectivity index (χ0v) is 13.7. The Balaban J connectivity index is 1.79. The summed E-state index contributed by atoms with van der Waals surface area (Å²) < 4.78 is 5.79. The highest BCUT2D eigenvalue weighted by Crippen LogP contribution is 2.23. The van der Waals surface area contributed by atoms with E-state index in [1.807, 2.05) is 24.3 Å². The lowest BCUT2D eigenvalue weighted by Crippen LogP contribution is -2.46. The van der Waals surface area contributed by atoms with Crippen LogP contribution in [0.5, 0.6) is 5.75 Å². The third-order valence-corrected chi connectivity index (χ3v) is 5.37. The maximum Gasteiger partial charge on any atom is 0.119 e. The molecule has 20 heavy (non-hydrogen) atoms.